The Kier molecular flexibility index (Phi) is 9.43. The second-order valence-corrected chi connectivity index (χ2v) is 12.0. The summed E-state index contributed by atoms with van der Waals surface area (Å²) in [5.41, 5.74) is -2.58. The van der Waals surface area contributed by atoms with Gasteiger partial charge >= 0.3 is 18.3 Å². The van der Waals surface area contributed by atoms with E-state index in [2.05, 4.69) is 5.32 Å². The van der Waals surface area contributed by atoms with E-state index in [-0.39, 0.29) is 69.1 Å². The van der Waals surface area contributed by atoms with Crippen LogP contribution in [0.4, 0.5) is 26.3 Å². The van der Waals surface area contributed by atoms with Gasteiger partial charge in [0.25, 0.3) is 0 Å². The zero-order valence-corrected chi connectivity index (χ0v) is 23.5. The Morgan fingerprint density at radius 3 is 2.20 bits per heavy atom. The third kappa shape index (κ3) is 7.41. The summed E-state index contributed by atoms with van der Waals surface area (Å²) in [7, 11) is 0. The maximum Gasteiger partial charge on any atom is 0.471 e. The van der Waals surface area contributed by atoms with Gasteiger partial charge < -0.3 is 19.7 Å². The van der Waals surface area contributed by atoms with E-state index in [9.17, 15) is 35.9 Å². The van der Waals surface area contributed by atoms with Gasteiger partial charge in [-0.1, -0.05) is 13.8 Å². The Hall–Kier alpha value is -2.50. The number of carbonyl (C=O) groups is 2. The molecule has 0 bridgehead atoms. The van der Waals surface area contributed by atoms with Crippen LogP contribution < -0.4 is 10.1 Å². The molecule has 1 aromatic carbocycles. The highest BCUT2D eigenvalue weighted by molar-refractivity contribution is 5.85. The first kappa shape index (κ1) is 32.0. The maximum absolute atomic E-state index is 13.7. The van der Waals surface area contributed by atoms with Crippen molar-refractivity contribution in [1.29, 1.82) is 0 Å². The number of rotatable bonds is 7. The first-order valence-corrected chi connectivity index (χ1v) is 13.5. The van der Waals surface area contributed by atoms with Crippen LogP contribution in [0.15, 0.2) is 18.2 Å². The van der Waals surface area contributed by atoms with Crippen molar-refractivity contribution >= 4 is 11.8 Å². The van der Waals surface area contributed by atoms with Crippen LogP contribution >= 0.6 is 0 Å². The summed E-state index contributed by atoms with van der Waals surface area (Å²) in [6.07, 6.45) is -8.67. The van der Waals surface area contributed by atoms with Gasteiger partial charge in [-0.15, -0.1) is 0 Å². The van der Waals surface area contributed by atoms with Crippen molar-refractivity contribution in [2.24, 2.45) is 11.3 Å². The summed E-state index contributed by atoms with van der Waals surface area (Å²) in [6.45, 7) is 9.01. The number of nitrogens with one attached hydrogen (secondary N) is 1. The monoisotopic (exact) mass is 580 g/mol. The second kappa shape index (κ2) is 11.8. The fraction of sp³-hybridized carbons (Fsp3) is 0.714. The Morgan fingerprint density at radius 1 is 1.05 bits per heavy atom. The predicted octanol–water partition coefficient (Wildman–Crippen LogP) is 6.26. The molecule has 1 aromatic rings. The molecule has 12 heteroatoms. The van der Waals surface area contributed by atoms with Crippen molar-refractivity contribution < 1.29 is 45.4 Å². The van der Waals surface area contributed by atoms with E-state index in [1.807, 2.05) is 0 Å². The summed E-state index contributed by atoms with van der Waals surface area (Å²) in [5, 5.41) is 2.73. The van der Waals surface area contributed by atoms with Crippen LogP contribution in [0.25, 0.3) is 0 Å². The average Bonchev–Trinajstić information content (AvgIpc) is 3.28. The molecule has 1 saturated heterocycles. The van der Waals surface area contributed by atoms with Gasteiger partial charge in [0, 0.05) is 37.4 Å². The molecule has 2 fully saturated rings. The number of carbonyl (C=O) groups excluding carboxylic acids is 2. The van der Waals surface area contributed by atoms with Crippen LogP contribution in [0.1, 0.15) is 77.8 Å². The lowest BCUT2D eigenvalue weighted by Crippen LogP contribution is -2.54. The van der Waals surface area contributed by atoms with Crippen molar-refractivity contribution in [2.75, 3.05) is 13.2 Å². The van der Waals surface area contributed by atoms with Gasteiger partial charge in [0.15, 0.2) is 0 Å². The Morgan fingerprint density at radius 2 is 1.68 bits per heavy atom. The molecule has 0 aromatic heterocycles. The highest BCUT2D eigenvalue weighted by Crippen LogP contribution is 2.48. The number of amides is 2. The van der Waals surface area contributed by atoms with Crippen LogP contribution in [0, 0.1) is 11.3 Å². The van der Waals surface area contributed by atoms with Crippen molar-refractivity contribution in [2.45, 2.75) is 103 Å². The average molecular weight is 581 g/mol. The van der Waals surface area contributed by atoms with Gasteiger partial charge in [0.05, 0.1) is 11.0 Å². The minimum atomic E-state index is -5.06. The lowest BCUT2D eigenvalue weighted by Gasteiger charge is -2.40. The molecule has 0 radical (unpaired) electrons. The van der Waals surface area contributed by atoms with Crippen molar-refractivity contribution in [3.8, 4) is 5.75 Å². The molecule has 1 saturated carbocycles. The molecule has 1 aliphatic heterocycles. The molecule has 1 heterocycles. The van der Waals surface area contributed by atoms with Crippen molar-refractivity contribution in [3.63, 3.8) is 0 Å². The lowest BCUT2D eigenvalue weighted by atomic mass is 9.74. The van der Waals surface area contributed by atoms with Crippen LogP contribution in [-0.4, -0.2) is 53.8 Å². The van der Waals surface area contributed by atoms with E-state index >= 15 is 0 Å². The Balaban J connectivity index is 1.86. The molecule has 6 nitrogen and oxygen atoms in total. The number of ether oxygens (including phenoxy) is 2. The normalized spacial score (nSPS) is 22.9. The summed E-state index contributed by atoms with van der Waals surface area (Å²) in [5.74, 6) is -2.51. The highest BCUT2D eigenvalue weighted by atomic mass is 19.4. The van der Waals surface area contributed by atoms with E-state index in [1.165, 1.54) is 6.07 Å². The van der Waals surface area contributed by atoms with Gasteiger partial charge in [0.2, 0.25) is 5.91 Å². The van der Waals surface area contributed by atoms with Crippen LogP contribution in [0.5, 0.6) is 5.75 Å². The molecule has 0 unspecified atom stereocenters. The van der Waals surface area contributed by atoms with E-state index in [0.29, 0.717) is 0 Å². The Bertz CT molecular complexity index is 1060. The third-order valence-corrected chi connectivity index (χ3v) is 7.78. The fourth-order valence-corrected chi connectivity index (χ4v) is 5.69. The van der Waals surface area contributed by atoms with Crippen LogP contribution in [-0.2, 0) is 27.0 Å². The molecule has 2 aliphatic rings. The van der Waals surface area contributed by atoms with E-state index in [0.717, 1.165) is 17.0 Å². The third-order valence-electron chi connectivity index (χ3n) is 7.78. The van der Waals surface area contributed by atoms with Crippen molar-refractivity contribution in [3.05, 3.63) is 29.3 Å². The zero-order chi connectivity index (χ0) is 30.1. The van der Waals surface area contributed by atoms with Crippen LogP contribution in [0.3, 0.4) is 0 Å². The standard InChI is InChI=1S/C28H38F6N2O4/c1-17(2)26(11-8-21(15-26)36(24(38)28(32,33)34)20-9-12-39-13-10-20)23(37)35-16-18-14-19(27(29,30)31)6-7-22(18)40-25(3,4)5/h6-7,14,17,20-21H,8-13,15-16H2,1-5H3,(H,35,37)/t21-,26+/m1/s1. The zero-order valence-electron chi connectivity index (χ0n) is 23.5. The van der Waals surface area contributed by atoms with Gasteiger partial charge in [-0.25, -0.2) is 0 Å². The largest absolute Gasteiger partial charge is 0.488 e. The smallest absolute Gasteiger partial charge is 0.471 e. The minimum Gasteiger partial charge on any atom is -0.488 e. The molecule has 3 rings (SSSR count). The first-order valence-electron chi connectivity index (χ1n) is 13.5. The summed E-state index contributed by atoms with van der Waals surface area (Å²) in [6, 6.07) is 1.59. The molecule has 0 spiro atoms. The molecule has 226 valence electrons. The summed E-state index contributed by atoms with van der Waals surface area (Å²) < 4.78 is 92.2. The number of hydrogen-bond donors (Lipinski definition) is 1. The first-order chi connectivity index (χ1) is 18.3. The quantitative estimate of drug-likeness (QED) is 0.387. The lowest BCUT2D eigenvalue weighted by molar-refractivity contribution is -0.192. The molecule has 40 heavy (non-hydrogen) atoms. The van der Waals surface area contributed by atoms with Gasteiger partial charge in [-0.3, -0.25) is 9.59 Å². The topological polar surface area (TPSA) is 67.9 Å². The number of benzene rings is 1. The molecule has 2 amide bonds. The number of alkyl halides is 6. The summed E-state index contributed by atoms with van der Waals surface area (Å²) >= 11 is 0. The van der Waals surface area contributed by atoms with E-state index < -0.39 is 52.8 Å². The number of nitrogens with zero attached hydrogens (tertiary/aromatic N) is 1. The number of halogens is 6. The fourth-order valence-electron chi connectivity index (χ4n) is 5.69. The Labute approximate surface area is 230 Å². The van der Waals surface area contributed by atoms with Gasteiger partial charge in [-0.05, 0) is 77.0 Å². The summed E-state index contributed by atoms with van der Waals surface area (Å²) in [4.78, 5) is 27.1. The second-order valence-electron chi connectivity index (χ2n) is 12.0. The van der Waals surface area contributed by atoms with Crippen LogP contribution in [0.2, 0.25) is 0 Å². The number of hydrogen-bond acceptors (Lipinski definition) is 4. The van der Waals surface area contributed by atoms with E-state index in [1.54, 1.807) is 34.6 Å². The van der Waals surface area contributed by atoms with Crippen molar-refractivity contribution in [1.82, 2.24) is 10.2 Å². The molecule has 2 atom stereocenters. The van der Waals surface area contributed by atoms with Gasteiger partial charge in [-0.2, -0.15) is 26.3 Å². The SMILES string of the molecule is CC(C)[C@]1(C(=O)NCc2cc(C(F)(F)F)ccc2OC(C)(C)C)CC[C@@H](N(C(=O)C(F)(F)F)C2CCOCC2)C1. The molecular weight excluding hydrogens is 542 g/mol. The minimum absolute atomic E-state index is 0.0175. The van der Waals surface area contributed by atoms with Gasteiger partial charge in [0.1, 0.15) is 11.4 Å². The molecule has 1 aliphatic carbocycles. The van der Waals surface area contributed by atoms with E-state index in [4.69, 9.17) is 9.47 Å². The molecule has 1 N–H and O–H groups in total. The predicted molar refractivity (Wildman–Crippen MR) is 135 cm³/mol. The molecular formula is C28H38F6N2O4. The highest BCUT2D eigenvalue weighted by Gasteiger charge is 2.54. The maximum atomic E-state index is 13.7.